The van der Waals surface area contributed by atoms with Gasteiger partial charge in [0.1, 0.15) is 6.61 Å². The van der Waals surface area contributed by atoms with Crippen molar-refractivity contribution in [2.24, 2.45) is 0 Å². The molecule has 2 rings (SSSR count). The van der Waals surface area contributed by atoms with Crippen LogP contribution < -0.4 is 0 Å². The maximum atomic E-state index is 12.0. The van der Waals surface area contributed by atoms with Crippen molar-refractivity contribution in [3.8, 4) is 0 Å². The Balaban J connectivity index is 1.98. The van der Waals surface area contributed by atoms with Gasteiger partial charge in [-0.1, -0.05) is 34.1 Å². The Morgan fingerprint density at radius 3 is 2.23 bits per heavy atom. The number of benzene rings is 2. The van der Waals surface area contributed by atoms with Crippen LogP contribution in [0.25, 0.3) is 0 Å². The van der Waals surface area contributed by atoms with Crippen molar-refractivity contribution < 1.29 is 19.1 Å². The number of hydrogen-bond acceptors (Lipinski definition) is 4. The third-order valence-electron chi connectivity index (χ3n) is 3.15. The first-order valence-electron chi connectivity index (χ1n) is 6.62. The molecule has 0 radical (unpaired) electrons. The Morgan fingerprint density at radius 1 is 1.00 bits per heavy atom. The van der Waals surface area contributed by atoms with Crippen molar-refractivity contribution in [1.29, 1.82) is 0 Å². The molecule has 0 spiro atoms. The predicted octanol–water partition coefficient (Wildman–Crippen LogP) is 3.90. The normalized spacial score (nSPS) is 10.1. The quantitative estimate of drug-likeness (QED) is 0.774. The summed E-state index contributed by atoms with van der Waals surface area (Å²) in [7, 11) is 1.33. The zero-order valence-electron chi connectivity index (χ0n) is 12.3. The highest BCUT2D eigenvalue weighted by atomic mass is 79.9. The van der Waals surface area contributed by atoms with E-state index in [4.69, 9.17) is 4.74 Å². The van der Waals surface area contributed by atoms with Crippen molar-refractivity contribution in [3.63, 3.8) is 0 Å². The number of ether oxygens (including phenoxy) is 2. The zero-order chi connectivity index (χ0) is 16.1. The Kier molecular flexibility index (Phi) is 5.33. The lowest BCUT2D eigenvalue weighted by Gasteiger charge is -2.07. The van der Waals surface area contributed by atoms with Gasteiger partial charge in [-0.2, -0.15) is 0 Å². The van der Waals surface area contributed by atoms with E-state index in [1.165, 1.54) is 7.11 Å². The molecule has 0 saturated heterocycles. The summed E-state index contributed by atoms with van der Waals surface area (Å²) in [5, 5.41) is 0. The van der Waals surface area contributed by atoms with Crippen LogP contribution in [-0.4, -0.2) is 19.0 Å². The molecule has 0 heterocycles. The Hall–Kier alpha value is -2.14. The standard InChI is InChI=1S/C17H15BrO4/c1-11-3-6-14(9-15(11)18)17(20)22-10-12-4-7-13(8-5-12)16(19)21-2/h3-9H,10H2,1-2H3. The Morgan fingerprint density at radius 2 is 1.64 bits per heavy atom. The van der Waals surface area contributed by atoms with Crippen LogP contribution in [0, 0.1) is 6.92 Å². The Labute approximate surface area is 137 Å². The van der Waals surface area contributed by atoms with Crippen molar-refractivity contribution in [2.45, 2.75) is 13.5 Å². The van der Waals surface area contributed by atoms with Crippen LogP contribution in [0.1, 0.15) is 31.8 Å². The average molecular weight is 363 g/mol. The van der Waals surface area contributed by atoms with E-state index in [2.05, 4.69) is 20.7 Å². The van der Waals surface area contributed by atoms with Gasteiger partial charge in [-0.25, -0.2) is 9.59 Å². The van der Waals surface area contributed by atoms with Gasteiger partial charge in [0.05, 0.1) is 18.2 Å². The van der Waals surface area contributed by atoms with Crippen LogP contribution in [0.4, 0.5) is 0 Å². The van der Waals surface area contributed by atoms with E-state index in [9.17, 15) is 9.59 Å². The van der Waals surface area contributed by atoms with Gasteiger partial charge < -0.3 is 9.47 Å². The molecule has 0 fully saturated rings. The van der Waals surface area contributed by atoms with Gasteiger partial charge in [0.2, 0.25) is 0 Å². The first-order chi connectivity index (χ1) is 10.5. The molecule has 0 amide bonds. The topological polar surface area (TPSA) is 52.6 Å². The minimum Gasteiger partial charge on any atom is -0.465 e. The molecule has 2 aromatic rings. The average Bonchev–Trinajstić information content (AvgIpc) is 2.54. The van der Waals surface area contributed by atoms with E-state index in [1.54, 1.807) is 36.4 Å². The fourth-order valence-electron chi connectivity index (χ4n) is 1.81. The number of methoxy groups -OCH3 is 1. The molecule has 0 aliphatic carbocycles. The molecule has 0 aliphatic rings. The highest BCUT2D eigenvalue weighted by Gasteiger charge is 2.10. The molecule has 5 heteroatoms. The molecule has 4 nitrogen and oxygen atoms in total. The number of carbonyl (C=O) groups excluding carboxylic acids is 2. The molecule has 0 aromatic heterocycles. The monoisotopic (exact) mass is 362 g/mol. The highest BCUT2D eigenvalue weighted by Crippen LogP contribution is 2.18. The van der Waals surface area contributed by atoms with Gasteiger partial charge in [-0.05, 0) is 42.3 Å². The van der Waals surface area contributed by atoms with E-state index in [0.717, 1.165) is 15.6 Å². The largest absolute Gasteiger partial charge is 0.465 e. The molecular weight excluding hydrogens is 348 g/mol. The third-order valence-corrected chi connectivity index (χ3v) is 4.01. The van der Waals surface area contributed by atoms with Crippen LogP contribution in [0.2, 0.25) is 0 Å². The summed E-state index contributed by atoms with van der Waals surface area (Å²) < 4.78 is 10.7. The van der Waals surface area contributed by atoms with Gasteiger partial charge in [0.25, 0.3) is 0 Å². The van der Waals surface area contributed by atoms with Gasteiger partial charge >= 0.3 is 11.9 Å². The number of carbonyl (C=O) groups is 2. The molecule has 0 N–H and O–H groups in total. The molecule has 114 valence electrons. The van der Waals surface area contributed by atoms with E-state index in [0.29, 0.717) is 11.1 Å². The highest BCUT2D eigenvalue weighted by molar-refractivity contribution is 9.10. The van der Waals surface area contributed by atoms with Gasteiger partial charge in [-0.15, -0.1) is 0 Å². The molecule has 0 atom stereocenters. The summed E-state index contributed by atoms with van der Waals surface area (Å²) in [6.07, 6.45) is 0. The van der Waals surface area contributed by atoms with E-state index < -0.39 is 11.9 Å². The molecule has 0 aliphatic heterocycles. The second kappa shape index (κ2) is 7.22. The summed E-state index contributed by atoms with van der Waals surface area (Å²) in [6, 6.07) is 12.0. The summed E-state index contributed by atoms with van der Waals surface area (Å²) in [5.41, 5.74) is 2.80. The molecule has 0 bridgehead atoms. The number of esters is 2. The third kappa shape index (κ3) is 3.95. The van der Waals surface area contributed by atoms with Crippen molar-refractivity contribution in [1.82, 2.24) is 0 Å². The van der Waals surface area contributed by atoms with Gasteiger partial charge in [0, 0.05) is 4.47 Å². The zero-order valence-corrected chi connectivity index (χ0v) is 13.8. The lowest BCUT2D eigenvalue weighted by molar-refractivity contribution is 0.0471. The van der Waals surface area contributed by atoms with Crippen molar-refractivity contribution in [3.05, 3.63) is 69.2 Å². The molecule has 2 aromatic carbocycles. The first-order valence-corrected chi connectivity index (χ1v) is 7.41. The minimum atomic E-state index is -0.395. The van der Waals surface area contributed by atoms with E-state index in [1.807, 2.05) is 13.0 Å². The van der Waals surface area contributed by atoms with E-state index >= 15 is 0 Å². The number of rotatable bonds is 4. The predicted molar refractivity (Wildman–Crippen MR) is 85.8 cm³/mol. The first kappa shape index (κ1) is 16.2. The number of hydrogen-bond donors (Lipinski definition) is 0. The molecule has 22 heavy (non-hydrogen) atoms. The maximum Gasteiger partial charge on any atom is 0.338 e. The van der Waals surface area contributed by atoms with Crippen LogP contribution in [0.15, 0.2) is 46.9 Å². The molecule has 0 unspecified atom stereocenters. The molecule has 0 saturated carbocycles. The van der Waals surface area contributed by atoms with Gasteiger partial charge in [0.15, 0.2) is 0 Å². The fourth-order valence-corrected chi connectivity index (χ4v) is 2.19. The summed E-state index contributed by atoms with van der Waals surface area (Å²) in [5.74, 6) is -0.786. The van der Waals surface area contributed by atoms with Crippen LogP contribution in [0.5, 0.6) is 0 Å². The minimum absolute atomic E-state index is 0.145. The Bertz CT molecular complexity index is 692. The van der Waals surface area contributed by atoms with Gasteiger partial charge in [-0.3, -0.25) is 0 Å². The second-order valence-electron chi connectivity index (χ2n) is 4.73. The second-order valence-corrected chi connectivity index (χ2v) is 5.58. The lowest BCUT2D eigenvalue weighted by atomic mass is 10.1. The lowest BCUT2D eigenvalue weighted by Crippen LogP contribution is -2.06. The van der Waals surface area contributed by atoms with Crippen LogP contribution in [-0.2, 0) is 16.1 Å². The number of aryl methyl sites for hydroxylation is 1. The van der Waals surface area contributed by atoms with Crippen molar-refractivity contribution in [2.75, 3.05) is 7.11 Å². The molecular formula is C17H15BrO4. The van der Waals surface area contributed by atoms with Crippen molar-refractivity contribution >= 4 is 27.9 Å². The SMILES string of the molecule is COC(=O)c1ccc(COC(=O)c2ccc(C)c(Br)c2)cc1. The summed E-state index contributed by atoms with van der Waals surface area (Å²) in [6.45, 7) is 2.09. The van der Waals surface area contributed by atoms with E-state index in [-0.39, 0.29) is 6.61 Å². The summed E-state index contributed by atoms with van der Waals surface area (Å²) in [4.78, 5) is 23.3. The summed E-state index contributed by atoms with van der Waals surface area (Å²) >= 11 is 3.39. The van der Waals surface area contributed by atoms with Crippen LogP contribution in [0.3, 0.4) is 0 Å². The maximum absolute atomic E-state index is 12.0. The van der Waals surface area contributed by atoms with Crippen LogP contribution >= 0.6 is 15.9 Å². The fraction of sp³-hybridized carbons (Fsp3) is 0.176. The number of halogens is 1. The smallest absolute Gasteiger partial charge is 0.338 e.